The predicted octanol–water partition coefficient (Wildman–Crippen LogP) is 8.66. The smallest absolute Gasteiger partial charge is 0.312 e. The van der Waals surface area contributed by atoms with E-state index in [1.54, 1.807) is 0 Å². The number of aliphatic hydroxyl groups is 3. The molecule has 5 unspecified atom stereocenters. The van der Waals surface area contributed by atoms with E-state index in [1.165, 1.54) is 36.5 Å². The molecule has 4 aromatic rings. The molecule has 8 saturated carbocycles. The number of hydrogen-bond donors (Lipinski definition) is 3. The fourth-order valence-corrected chi connectivity index (χ4v) is 20.1. The van der Waals surface area contributed by atoms with Gasteiger partial charge in [-0.15, -0.1) is 0 Å². The van der Waals surface area contributed by atoms with E-state index in [1.807, 2.05) is 0 Å². The topological polar surface area (TPSA) is 150 Å². The zero-order valence-corrected chi connectivity index (χ0v) is 61.7. The van der Waals surface area contributed by atoms with Gasteiger partial charge in [0.1, 0.15) is 6.10 Å². The van der Waals surface area contributed by atoms with Gasteiger partial charge in [0.2, 0.25) is 0 Å². The average molecular weight is 1520 g/mol. The van der Waals surface area contributed by atoms with Crippen molar-refractivity contribution < 1.29 is 113 Å². The van der Waals surface area contributed by atoms with E-state index in [4.69, 9.17) is 28.4 Å². The van der Waals surface area contributed by atoms with E-state index in [2.05, 4.69) is 180 Å². The van der Waals surface area contributed by atoms with Crippen LogP contribution in [0, 0.1) is 66.0 Å². The zero-order chi connectivity index (χ0) is 68.0. The molecule has 518 valence electrons. The molecule has 0 aromatic heterocycles. The second kappa shape index (κ2) is 28.2. The third-order valence-corrected chi connectivity index (χ3v) is 26.0. The van der Waals surface area contributed by atoms with Crippen LogP contribution in [0.1, 0.15) is 183 Å². The Morgan fingerprint density at radius 1 is 0.452 bits per heavy atom. The van der Waals surface area contributed by atoms with Gasteiger partial charge in [0.15, 0.2) is 24.8 Å². The summed E-state index contributed by atoms with van der Waals surface area (Å²) in [5.41, 5.74) is 4.43. The Bertz CT molecular complexity index is 2880. The summed E-state index contributed by atoms with van der Waals surface area (Å²) in [6, 6.07) is 36.8. The number of ether oxygens (including phenoxy) is 6. The monoisotopic (exact) mass is 1520 g/mol. The fourth-order valence-electron chi connectivity index (χ4n) is 15.7. The summed E-state index contributed by atoms with van der Waals surface area (Å²) >= 11 is -0.141. The zero-order valence-electron chi connectivity index (χ0n) is 57.4. The number of carbonyl (C=O) groups is 2. The molecule has 2 spiro atoms. The number of esters is 2. The molecular weight excluding hydrogens is 1420 g/mol. The molecule has 10 aliphatic rings. The summed E-state index contributed by atoms with van der Waals surface area (Å²) in [7, 11) is 0. The van der Waals surface area contributed by atoms with Gasteiger partial charge in [0, 0.05) is 37.5 Å². The molecule has 11 nitrogen and oxygen atoms in total. The molecule has 4 aromatic carbocycles. The summed E-state index contributed by atoms with van der Waals surface area (Å²) in [5, 5.41) is 28.5. The minimum absolute atomic E-state index is 0.00572. The Hall–Kier alpha value is -3.28. The molecule has 14 rings (SSSR count). The van der Waals surface area contributed by atoms with Gasteiger partial charge in [-0.25, -0.2) is 17.6 Å². The van der Waals surface area contributed by atoms with Crippen molar-refractivity contribution in [1.29, 1.82) is 0 Å². The van der Waals surface area contributed by atoms with E-state index < -0.39 is 64.8 Å². The Morgan fingerprint density at radius 2 is 0.742 bits per heavy atom. The van der Waals surface area contributed by atoms with E-state index in [9.17, 15) is 42.5 Å². The molecule has 5 atom stereocenters. The number of alkyl halides is 4. The summed E-state index contributed by atoms with van der Waals surface area (Å²) in [6.45, 7) is 27.2. The molecule has 2 aliphatic heterocycles. The van der Waals surface area contributed by atoms with Crippen LogP contribution in [0.5, 0.6) is 0 Å². The summed E-state index contributed by atoms with van der Waals surface area (Å²) < 4.78 is 92.7. The van der Waals surface area contributed by atoms with Crippen molar-refractivity contribution in [2.24, 2.45) is 51.8 Å². The molecule has 8 aliphatic carbocycles. The third-order valence-electron chi connectivity index (χ3n) is 20.6. The second-order valence-corrected chi connectivity index (χ2v) is 38.9. The summed E-state index contributed by atoms with van der Waals surface area (Å²) in [5.74, 6) is -7.71. The Morgan fingerprint density at radius 3 is 0.989 bits per heavy atom. The van der Waals surface area contributed by atoms with Crippen LogP contribution in [0.4, 0.5) is 17.6 Å². The standard InChI is InChI=1S/2C20H26I.C19H28F2O6.C17H24F2O5/c2*1-19(2,3)15-7-11-17(12-8-15)21-18-13-9-16(10-14-18)20(4,5)6;1-16(20,21)9-25-15(24)18-4-12-2-13(5-18)19(14(3-12)6-18)26-10-17(7-22,8-23)11-27-19;1-15(18,19)9-22-14(21)16-4-10-2-11(5-16)17(12(3-10)6-16)23-8-13(7-20)24-17/h2*7-14H,1-6H3;12-14,22-23H,2-11H2,1H3;10-13,20H,2-9H2,1H3/q2*-1;;. The molecule has 93 heavy (non-hydrogen) atoms. The molecular formula is C76H104F4I2O11-2. The van der Waals surface area contributed by atoms with Gasteiger partial charge in [0.05, 0.1) is 55.9 Å². The van der Waals surface area contributed by atoms with Crippen LogP contribution in [0.3, 0.4) is 0 Å². The van der Waals surface area contributed by atoms with Crippen molar-refractivity contribution in [3.05, 3.63) is 134 Å². The Kier molecular flexibility index (Phi) is 22.4. The van der Waals surface area contributed by atoms with Crippen LogP contribution in [-0.4, -0.2) is 110 Å². The van der Waals surface area contributed by atoms with Crippen molar-refractivity contribution in [2.45, 2.75) is 212 Å². The minimum atomic E-state index is -3.04. The maximum Gasteiger partial charge on any atom is 0.312 e. The number of rotatable bonds is 13. The van der Waals surface area contributed by atoms with Gasteiger partial charge in [-0.2, -0.15) is 0 Å². The first-order chi connectivity index (χ1) is 43.2. The van der Waals surface area contributed by atoms with Gasteiger partial charge in [-0.1, -0.05) is 0 Å². The van der Waals surface area contributed by atoms with Crippen LogP contribution in [-0.2, 0) is 59.7 Å². The molecule has 10 fully saturated rings. The molecule has 2 saturated heterocycles. The van der Waals surface area contributed by atoms with Crippen molar-refractivity contribution in [1.82, 2.24) is 0 Å². The maximum absolute atomic E-state index is 13.1. The quantitative estimate of drug-likeness (QED) is 0.0671. The molecule has 17 heteroatoms. The molecule has 0 radical (unpaired) electrons. The van der Waals surface area contributed by atoms with Gasteiger partial charge < -0.3 is 43.7 Å². The Labute approximate surface area is 571 Å². The third kappa shape index (κ3) is 17.4. The number of halogens is 6. The van der Waals surface area contributed by atoms with E-state index in [0.717, 1.165) is 39.5 Å². The fraction of sp³-hybridized carbons (Fsp3) is 0.658. The first-order valence-electron chi connectivity index (χ1n) is 33.5. The van der Waals surface area contributed by atoms with Crippen molar-refractivity contribution in [3.63, 3.8) is 0 Å². The first kappa shape index (κ1) is 74.0. The normalized spacial score (nSPS) is 29.1. The molecule has 2 heterocycles. The van der Waals surface area contributed by atoms with Gasteiger partial charge in [0.25, 0.3) is 11.8 Å². The molecule has 0 amide bonds. The largest absolute Gasteiger partial charge is 0.459 e. The Balaban J connectivity index is 0.000000147. The SMILES string of the molecule is CC(C)(C)c1ccc([I-]c2ccc(C(C)(C)C)cc2)cc1.CC(C)(C)c1ccc([I-]c2ccc(C(C)(C)C)cc2)cc1.CC(F)(F)COC(=O)C12CC3CC(C1)C1(OCC(CO)(CO)CO1)C(C3)C2.CC(F)(F)COC(=O)C12CC3CC(C1)C1(OCC(CO)O1)C(C3)C2. The van der Waals surface area contributed by atoms with Crippen LogP contribution in [0.15, 0.2) is 97.1 Å². The van der Waals surface area contributed by atoms with Crippen LogP contribution in [0.25, 0.3) is 0 Å². The van der Waals surface area contributed by atoms with Crippen LogP contribution < -0.4 is 42.4 Å². The molecule has 8 bridgehead atoms. The van der Waals surface area contributed by atoms with Gasteiger partial charge in [-0.05, 0) is 76.0 Å². The van der Waals surface area contributed by atoms with Gasteiger partial charge in [-0.3, -0.25) is 9.59 Å². The predicted molar refractivity (Wildman–Crippen MR) is 342 cm³/mol. The maximum atomic E-state index is 13.1. The first-order valence-corrected chi connectivity index (χ1v) is 37.8. The van der Waals surface area contributed by atoms with E-state index in [-0.39, 0.29) is 127 Å². The van der Waals surface area contributed by atoms with E-state index in [0.29, 0.717) is 57.0 Å². The molecule has 3 N–H and O–H groups in total. The number of hydrogen-bond acceptors (Lipinski definition) is 11. The summed E-state index contributed by atoms with van der Waals surface area (Å²) in [6.07, 6.45) is 6.83. The van der Waals surface area contributed by atoms with Gasteiger partial charge >= 0.3 is 293 Å². The number of aliphatic hydroxyl groups excluding tert-OH is 3. The van der Waals surface area contributed by atoms with Crippen LogP contribution in [0.2, 0.25) is 0 Å². The minimum Gasteiger partial charge on any atom is -0.459 e. The van der Waals surface area contributed by atoms with E-state index >= 15 is 0 Å². The van der Waals surface area contributed by atoms with Crippen molar-refractivity contribution in [3.8, 4) is 0 Å². The second-order valence-electron chi connectivity index (χ2n) is 32.8. The summed E-state index contributed by atoms with van der Waals surface area (Å²) in [4.78, 5) is 25.3. The van der Waals surface area contributed by atoms with Crippen molar-refractivity contribution in [2.75, 3.05) is 52.9 Å². The van der Waals surface area contributed by atoms with Crippen molar-refractivity contribution >= 4 is 11.9 Å². The number of benzene rings is 4. The van der Waals surface area contributed by atoms with Crippen LogP contribution >= 0.6 is 0 Å². The number of carbonyl (C=O) groups excluding carboxylic acids is 2. The average Bonchev–Trinajstić information content (AvgIpc) is 1.54.